The molecule has 1 fully saturated rings. The highest BCUT2D eigenvalue weighted by molar-refractivity contribution is 5.46. The Morgan fingerprint density at radius 3 is 2.08 bits per heavy atom. The second-order valence-electron chi connectivity index (χ2n) is 6.70. The molecule has 3 nitrogen and oxygen atoms in total. The Hall–Kier alpha value is -1.98. The van der Waals surface area contributed by atoms with Crippen LogP contribution in [0.3, 0.4) is 0 Å². The highest BCUT2D eigenvalue weighted by Crippen LogP contribution is 2.24. The van der Waals surface area contributed by atoms with E-state index >= 15 is 0 Å². The third kappa shape index (κ3) is 4.55. The van der Waals surface area contributed by atoms with Crippen LogP contribution in [0, 0.1) is 11.6 Å². The van der Waals surface area contributed by atoms with Gasteiger partial charge in [0.15, 0.2) is 0 Å². The van der Waals surface area contributed by atoms with Crippen molar-refractivity contribution in [3.63, 3.8) is 0 Å². The lowest BCUT2D eigenvalue weighted by molar-refractivity contribution is 0.0959. The number of halogens is 2. The summed E-state index contributed by atoms with van der Waals surface area (Å²) in [5.74, 6) is -0.509. The molecular weight excluding hydrogens is 322 g/mol. The first-order valence-corrected chi connectivity index (χ1v) is 8.67. The van der Waals surface area contributed by atoms with E-state index in [1.54, 1.807) is 12.1 Å². The minimum atomic E-state index is -0.624. The topological polar surface area (TPSA) is 26.7 Å². The molecule has 1 heterocycles. The Bertz CT molecular complexity index is 667. The van der Waals surface area contributed by atoms with Gasteiger partial charge in [-0.3, -0.25) is 0 Å². The second-order valence-corrected chi connectivity index (χ2v) is 6.70. The molecule has 3 rings (SSSR count). The molecular formula is C20H24F2N2O. The zero-order chi connectivity index (χ0) is 17.8. The Balaban J connectivity index is 1.51. The molecule has 1 unspecified atom stereocenters. The van der Waals surface area contributed by atoms with E-state index in [0.29, 0.717) is 12.6 Å². The van der Waals surface area contributed by atoms with E-state index in [-0.39, 0.29) is 11.6 Å². The molecule has 1 N–H and O–H groups in total. The summed E-state index contributed by atoms with van der Waals surface area (Å²) >= 11 is 0. The van der Waals surface area contributed by atoms with Gasteiger partial charge in [0.2, 0.25) is 0 Å². The summed E-state index contributed by atoms with van der Waals surface area (Å²) in [6.07, 6.45) is 1.36. The molecule has 0 bridgehead atoms. The predicted octanol–water partition coefficient (Wildman–Crippen LogP) is 3.60. The molecule has 1 aliphatic rings. The molecule has 25 heavy (non-hydrogen) atoms. The van der Waals surface area contributed by atoms with E-state index in [1.165, 1.54) is 24.3 Å². The van der Waals surface area contributed by atoms with Gasteiger partial charge in [-0.05, 0) is 61.9 Å². The Labute approximate surface area is 147 Å². The summed E-state index contributed by atoms with van der Waals surface area (Å²) < 4.78 is 26.0. The summed E-state index contributed by atoms with van der Waals surface area (Å²) in [6.45, 7) is 2.34. The maximum atomic E-state index is 13.0. The Morgan fingerprint density at radius 2 is 1.52 bits per heavy atom. The zero-order valence-corrected chi connectivity index (χ0v) is 14.4. The van der Waals surface area contributed by atoms with Crippen LogP contribution in [0.4, 0.5) is 14.5 Å². The number of rotatable bonds is 5. The fraction of sp³-hybridized carbons (Fsp3) is 0.400. The van der Waals surface area contributed by atoms with Gasteiger partial charge in [0, 0.05) is 31.4 Å². The number of likely N-dealkylation sites (N-methyl/N-ethyl adjacent to an activating group) is 1. The minimum absolute atomic E-state index is 0.215. The maximum Gasteiger partial charge on any atom is 0.123 e. The lowest BCUT2D eigenvalue weighted by atomic mass is 10.0. The van der Waals surface area contributed by atoms with Crippen molar-refractivity contribution in [1.82, 2.24) is 4.90 Å². The molecule has 2 aromatic carbocycles. The summed E-state index contributed by atoms with van der Waals surface area (Å²) in [5.41, 5.74) is 1.78. The number of nitrogens with zero attached hydrogens (tertiary/aromatic N) is 2. The summed E-state index contributed by atoms with van der Waals surface area (Å²) in [5, 5.41) is 10.4. The predicted molar refractivity (Wildman–Crippen MR) is 95.6 cm³/mol. The number of hydrogen-bond donors (Lipinski definition) is 1. The molecule has 0 amide bonds. The maximum absolute atomic E-state index is 13.0. The average Bonchev–Trinajstić information content (AvgIpc) is 2.63. The summed E-state index contributed by atoms with van der Waals surface area (Å²) in [7, 11) is 2.02. The molecule has 0 spiro atoms. The fourth-order valence-corrected chi connectivity index (χ4v) is 3.43. The zero-order valence-electron chi connectivity index (χ0n) is 14.4. The van der Waals surface area contributed by atoms with Gasteiger partial charge in [-0.1, -0.05) is 12.1 Å². The number of hydrogen-bond acceptors (Lipinski definition) is 3. The number of piperidine rings is 1. The van der Waals surface area contributed by atoms with Crippen LogP contribution in [0.25, 0.3) is 0 Å². The third-order valence-corrected chi connectivity index (χ3v) is 5.00. The van der Waals surface area contributed by atoms with Crippen LogP contribution in [-0.4, -0.2) is 42.7 Å². The van der Waals surface area contributed by atoms with Crippen LogP contribution < -0.4 is 4.90 Å². The van der Waals surface area contributed by atoms with Gasteiger partial charge in [0.25, 0.3) is 0 Å². The molecule has 0 aliphatic carbocycles. The van der Waals surface area contributed by atoms with Gasteiger partial charge >= 0.3 is 0 Å². The van der Waals surface area contributed by atoms with Gasteiger partial charge in [-0.2, -0.15) is 0 Å². The van der Waals surface area contributed by atoms with Gasteiger partial charge in [-0.15, -0.1) is 0 Å². The lowest BCUT2D eigenvalue weighted by Gasteiger charge is -2.38. The lowest BCUT2D eigenvalue weighted by Crippen LogP contribution is -2.44. The van der Waals surface area contributed by atoms with Crippen LogP contribution in [-0.2, 0) is 0 Å². The largest absolute Gasteiger partial charge is 0.387 e. The van der Waals surface area contributed by atoms with E-state index in [1.807, 2.05) is 19.2 Å². The molecule has 1 aliphatic heterocycles. The van der Waals surface area contributed by atoms with Crippen molar-refractivity contribution >= 4 is 5.69 Å². The first-order chi connectivity index (χ1) is 12.0. The van der Waals surface area contributed by atoms with E-state index in [2.05, 4.69) is 9.80 Å². The molecule has 134 valence electrons. The quantitative estimate of drug-likeness (QED) is 0.896. The SMILES string of the molecule is CN(CC(O)c1ccc(F)cc1)C1CCN(c2ccc(F)cc2)CC1. The minimum Gasteiger partial charge on any atom is -0.387 e. The van der Waals surface area contributed by atoms with Crippen LogP contribution >= 0.6 is 0 Å². The monoisotopic (exact) mass is 346 g/mol. The van der Waals surface area contributed by atoms with E-state index in [4.69, 9.17) is 0 Å². The Morgan fingerprint density at radius 1 is 1.00 bits per heavy atom. The van der Waals surface area contributed by atoms with Gasteiger partial charge < -0.3 is 14.9 Å². The normalized spacial score (nSPS) is 17.1. The van der Waals surface area contributed by atoms with Crippen LogP contribution in [0.1, 0.15) is 24.5 Å². The molecule has 1 saturated heterocycles. The third-order valence-electron chi connectivity index (χ3n) is 5.00. The van der Waals surface area contributed by atoms with E-state index < -0.39 is 6.10 Å². The van der Waals surface area contributed by atoms with E-state index in [9.17, 15) is 13.9 Å². The number of anilines is 1. The second kappa shape index (κ2) is 7.93. The molecule has 0 aromatic heterocycles. The van der Waals surface area contributed by atoms with Crippen molar-refractivity contribution in [2.45, 2.75) is 25.0 Å². The van der Waals surface area contributed by atoms with Gasteiger partial charge in [-0.25, -0.2) is 8.78 Å². The van der Waals surface area contributed by atoms with Crippen molar-refractivity contribution in [1.29, 1.82) is 0 Å². The molecule has 0 radical (unpaired) electrons. The van der Waals surface area contributed by atoms with Crippen molar-refractivity contribution in [3.8, 4) is 0 Å². The van der Waals surface area contributed by atoms with Gasteiger partial charge in [0.1, 0.15) is 11.6 Å². The van der Waals surface area contributed by atoms with E-state index in [0.717, 1.165) is 37.2 Å². The smallest absolute Gasteiger partial charge is 0.123 e. The van der Waals surface area contributed by atoms with Crippen LogP contribution in [0.15, 0.2) is 48.5 Å². The van der Waals surface area contributed by atoms with Gasteiger partial charge in [0.05, 0.1) is 6.10 Å². The highest BCUT2D eigenvalue weighted by atomic mass is 19.1. The molecule has 1 atom stereocenters. The highest BCUT2D eigenvalue weighted by Gasteiger charge is 2.24. The van der Waals surface area contributed by atoms with Crippen molar-refractivity contribution in [3.05, 3.63) is 65.7 Å². The average molecular weight is 346 g/mol. The molecule has 2 aromatic rings. The number of benzene rings is 2. The van der Waals surface area contributed by atoms with Crippen molar-refractivity contribution < 1.29 is 13.9 Å². The fourth-order valence-electron chi connectivity index (χ4n) is 3.43. The van der Waals surface area contributed by atoms with Crippen LogP contribution in [0.5, 0.6) is 0 Å². The standard InChI is InChI=1S/C20H24F2N2O/c1-23(14-20(25)15-2-4-16(21)5-3-15)18-10-12-24(13-11-18)19-8-6-17(22)7-9-19/h2-9,18,20,25H,10-14H2,1H3. The van der Waals surface area contributed by atoms with Crippen molar-refractivity contribution in [2.75, 3.05) is 31.6 Å². The Kier molecular flexibility index (Phi) is 5.66. The van der Waals surface area contributed by atoms with Crippen LogP contribution in [0.2, 0.25) is 0 Å². The van der Waals surface area contributed by atoms with Crippen molar-refractivity contribution in [2.24, 2.45) is 0 Å². The molecule has 0 saturated carbocycles. The molecule has 5 heteroatoms. The number of aliphatic hydroxyl groups excluding tert-OH is 1. The summed E-state index contributed by atoms with van der Waals surface area (Å²) in [6, 6.07) is 13.0. The number of aliphatic hydroxyl groups is 1. The first-order valence-electron chi connectivity index (χ1n) is 8.67. The summed E-state index contributed by atoms with van der Waals surface area (Å²) in [4.78, 5) is 4.44. The first kappa shape index (κ1) is 17.8.